The van der Waals surface area contributed by atoms with Crippen LogP contribution in [-0.4, -0.2) is 4.57 Å². The smallest absolute Gasteiger partial charge is 0.136 e. The molecule has 0 bridgehead atoms. The third-order valence-corrected chi connectivity index (χ3v) is 12.0. The Bertz CT molecular complexity index is 3540. The monoisotopic (exact) mass is 752 g/mol. The van der Waals surface area contributed by atoms with Crippen molar-refractivity contribution >= 4 is 82.4 Å². The SMILES string of the molecule is c1cc(N(c2ccccc2-c2cc3ccccc3c3ccccc23)c2ccccc2-c2cccc3oc4ccccc4c23)cc(-n2c3ccccc3c3ccccc32)c1. The van der Waals surface area contributed by atoms with E-state index in [1.54, 1.807) is 0 Å². The maximum Gasteiger partial charge on any atom is 0.136 e. The molecule has 0 atom stereocenters. The zero-order valence-corrected chi connectivity index (χ0v) is 32.1. The fraction of sp³-hybridized carbons (Fsp3) is 0. The van der Waals surface area contributed by atoms with Crippen LogP contribution in [0.2, 0.25) is 0 Å². The lowest BCUT2D eigenvalue weighted by atomic mass is 9.91. The summed E-state index contributed by atoms with van der Waals surface area (Å²) in [4.78, 5) is 2.47. The highest BCUT2D eigenvalue weighted by molar-refractivity contribution is 6.17. The highest BCUT2D eigenvalue weighted by Gasteiger charge is 2.24. The molecule has 0 saturated heterocycles. The number of fused-ring (bicyclic) bond motifs is 9. The first-order valence-corrected chi connectivity index (χ1v) is 20.2. The predicted molar refractivity (Wildman–Crippen MR) is 249 cm³/mol. The normalized spacial score (nSPS) is 11.7. The molecule has 2 heterocycles. The van der Waals surface area contributed by atoms with Crippen molar-refractivity contribution in [3.63, 3.8) is 0 Å². The minimum atomic E-state index is 0.876. The molecule has 0 spiro atoms. The second-order valence-electron chi connectivity index (χ2n) is 15.2. The van der Waals surface area contributed by atoms with Crippen LogP contribution in [0, 0.1) is 0 Å². The molecule has 0 saturated carbocycles. The Hall–Kier alpha value is -7.88. The molecule has 59 heavy (non-hydrogen) atoms. The fourth-order valence-corrected chi connectivity index (χ4v) is 9.45. The highest BCUT2D eigenvalue weighted by atomic mass is 16.3. The van der Waals surface area contributed by atoms with Crippen LogP contribution in [0.4, 0.5) is 17.1 Å². The van der Waals surface area contributed by atoms with Crippen LogP contribution >= 0.6 is 0 Å². The molecule has 0 aliphatic heterocycles. The third-order valence-electron chi connectivity index (χ3n) is 12.0. The van der Waals surface area contributed by atoms with Gasteiger partial charge < -0.3 is 13.9 Å². The van der Waals surface area contributed by atoms with Crippen LogP contribution in [0.3, 0.4) is 0 Å². The standard InChI is InChI=1S/C56H36N2O/c1-2-20-40-37(17-1)35-49(42-22-4-3-21-41(40)42)46-26-8-13-32-53(46)58(39-19-15-18-38(36-39)57-50-29-10-5-23-43(50)44-24-6-11-30-51(44)57)52-31-12-7-25-45(52)47-28-16-34-55-56(47)48-27-9-14-33-54(48)59-55/h1-36H. The molecule has 2 aromatic heterocycles. The first-order valence-electron chi connectivity index (χ1n) is 20.2. The van der Waals surface area contributed by atoms with Gasteiger partial charge in [0.05, 0.1) is 22.4 Å². The maximum absolute atomic E-state index is 6.45. The zero-order chi connectivity index (χ0) is 38.9. The molecule has 3 heteroatoms. The third kappa shape index (κ3) is 5.22. The van der Waals surface area contributed by atoms with E-state index in [1.165, 1.54) is 48.9 Å². The van der Waals surface area contributed by atoms with Crippen LogP contribution in [0.5, 0.6) is 0 Å². The Morgan fingerprint density at radius 2 is 0.864 bits per heavy atom. The van der Waals surface area contributed by atoms with Crippen molar-refractivity contribution < 1.29 is 4.42 Å². The van der Waals surface area contributed by atoms with Gasteiger partial charge in [0.1, 0.15) is 11.2 Å². The number of anilines is 3. The van der Waals surface area contributed by atoms with E-state index < -0.39 is 0 Å². The second-order valence-corrected chi connectivity index (χ2v) is 15.2. The zero-order valence-electron chi connectivity index (χ0n) is 32.1. The predicted octanol–water partition coefficient (Wildman–Crippen LogP) is 15.8. The number of rotatable bonds is 6. The molecule has 12 rings (SSSR count). The molecular weight excluding hydrogens is 717 g/mol. The Balaban J connectivity index is 1.16. The summed E-state index contributed by atoms with van der Waals surface area (Å²) in [6.45, 7) is 0. The van der Waals surface area contributed by atoms with Gasteiger partial charge in [0.25, 0.3) is 0 Å². The van der Waals surface area contributed by atoms with Crippen LogP contribution in [0.25, 0.3) is 93.2 Å². The molecule has 10 aromatic carbocycles. The van der Waals surface area contributed by atoms with E-state index in [2.05, 4.69) is 222 Å². The van der Waals surface area contributed by atoms with Gasteiger partial charge in [-0.1, -0.05) is 158 Å². The topological polar surface area (TPSA) is 21.3 Å². The number of hydrogen-bond donors (Lipinski definition) is 0. The van der Waals surface area contributed by atoms with E-state index >= 15 is 0 Å². The van der Waals surface area contributed by atoms with Gasteiger partial charge >= 0.3 is 0 Å². The van der Waals surface area contributed by atoms with Gasteiger partial charge in [-0.05, 0) is 93.3 Å². The van der Waals surface area contributed by atoms with Crippen molar-refractivity contribution in [2.75, 3.05) is 4.90 Å². The second kappa shape index (κ2) is 13.4. The molecule has 0 radical (unpaired) electrons. The maximum atomic E-state index is 6.45. The fourth-order valence-electron chi connectivity index (χ4n) is 9.45. The van der Waals surface area contributed by atoms with Gasteiger partial charge in [0.2, 0.25) is 0 Å². The quantitative estimate of drug-likeness (QED) is 0.158. The summed E-state index contributed by atoms with van der Waals surface area (Å²) in [6.07, 6.45) is 0. The van der Waals surface area contributed by atoms with Gasteiger partial charge in [-0.15, -0.1) is 0 Å². The van der Waals surface area contributed by atoms with Crippen molar-refractivity contribution in [3.8, 4) is 27.9 Å². The van der Waals surface area contributed by atoms with E-state index in [0.717, 1.165) is 61.4 Å². The molecule has 12 aromatic rings. The van der Waals surface area contributed by atoms with Crippen LogP contribution in [0.1, 0.15) is 0 Å². The van der Waals surface area contributed by atoms with Gasteiger partial charge in [-0.25, -0.2) is 0 Å². The Morgan fingerprint density at radius 1 is 0.339 bits per heavy atom. The van der Waals surface area contributed by atoms with Crippen molar-refractivity contribution in [2.45, 2.75) is 0 Å². The molecule has 0 fully saturated rings. The summed E-state index contributed by atoms with van der Waals surface area (Å²) in [6, 6.07) is 78.9. The summed E-state index contributed by atoms with van der Waals surface area (Å²) in [5.74, 6) is 0. The highest BCUT2D eigenvalue weighted by Crippen LogP contribution is 2.49. The number of para-hydroxylation sites is 5. The van der Waals surface area contributed by atoms with Crippen LogP contribution in [0.15, 0.2) is 223 Å². The summed E-state index contributed by atoms with van der Waals surface area (Å²) in [7, 11) is 0. The minimum Gasteiger partial charge on any atom is -0.456 e. The van der Waals surface area contributed by atoms with Crippen LogP contribution in [-0.2, 0) is 0 Å². The Labute approximate surface area is 341 Å². The lowest BCUT2D eigenvalue weighted by Gasteiger charge is -2.30. The van der Waals surface area contributed by atoms with E-state index in [0.29, 0.717) is 0 Å². The molecule has 0 aliphatic carbocycles. The molecule has 276 valence electrons. The summed E-state index contributed by atoms with van der Waals surface area (Å²) < 4.78 is 8.85. The number of aromatic nitrogens is 1. The van der Waals surface area contributed by atoms with E-state index in [-0.39, 0.29) is 0 Å². The summed E-state index contributed by atoms with van der Waals surface area (Å²) >= 11 is 0. The average Bonchev–Trinajstić information content (AvgIpc) is 3.86. The number of nitrogens with zero attached hydrogens (tertiary/aromatic N) is 2. The largest absolute Gasteiger partial charge is 0.456 e. The lowest BCUT2D eigenvalue weighted by Crippen LogP contribution is -2.13. The van der Waals surface area contributed by atoms with E-state index in [4.69, 9.17) is 4.42 Å². The van der Waals surface area contributed by atoms with E-state index in [1.807, 2.05) is 6.07 Å². The number of benzene rings is 10. The Kier molecular flexibility index (Phi) is 7.54. The summed E-state index contributed by atoms with van der Waals surface area (Å²) in [5.41, 5.74) is 13.0. The molecule has 0 amide bonds. The van der Waals surface area contributed by atoms with Crippen LogP contribution < -0.4 is 4.90 Å². The van der Waals surface area contributed by atoms with Gasteiger partial charge in [0, 0.05) is 44.0 Å². The van der Waals surface area contributed by atoms with E-state index in [9.17, 15) is 0 Å². The van der Waals surface area contributed by atoms with Crippen molar-refractivity contribution in [1.29, 1.82) is 0 Å². The van der Waals surface area contributed by atoms with Crippen molar-refractivity contribution in [1.82, 2.24) is 4.57 Å². The van der Waals surface area contributed by atoms with Gasteiger partial charge in [-0.2, -0.15) is 0 Å². The van der Waals surface area contributed by atoms with Gasteiger partial charge in [-0.3, -0.25) is 0 Å². The average molecular weight is 753 g/mol. The summed E-state index contributed by atoms with van der Waals surface area (Å²) in [5, 5.41) is 9.64. The molecule has 3 nitrogen and oxygen atoms in total. The minimum absolute atomic E-state index is 0.876. The number of hydrogen-bond acceptors (Lipinski definition) is 2. The first kappa shape index (κ1) is 33.3. The lowest BCUT2D eigenvalue weighted by molar-refractivity contribution is 0.669. The number of furan rings is 1. The molecule has 0 unspecified atom stereocenters. The molecular formula is C56H36N2O. The van der Waals surface area contributed by atoms with Crippen molar-refractivity contribution in [2.24, 2.45) is 0 Å². The molecule has 0 N–H and O–H groups in total. The first-order chi connectivity index (χ1) is 29.3. The van der Waals surface area contributed by atoms with Gasteiger partial charge in [0.15, 0.2) is 0 Å². The van der Waals surface area contributed by atoms with Crippen molar-refractivity contribution in [3.05, 3.63) is 218 Å². The molecule has 0 aliphatic rings. The Morgan fingerprint density at radius 3 is 1.61 bits per heavy atom.